The number of rotatable bonds is 7. The van der Waals surface area contributed by atoms with Crippen molar-refractivity contribution in [1.82, 2.24) is 14.8 Å². The number of anilines is 1. The zero-order chi connectivity index (χ0) is 17.6. The molecule has 2 aromatic heterocycles. The highest BCUT2D eigenvalue weighted by atomic mass is 32.2. The van der Waals surface area contributed by atoms with Crippen molar-refractivity contribution in [3.63, 3.8) is 0 Å². The lowest BCUT2D eigenvalue weighted by molar-refractivity contribution is -0.113. The van der Waals surface area contributed by atoms with E-state index in [4.69, 9.17) is 0 Å². The van der Waals surface area contributed by atoms with Gasteiger partial charge in [0, 0.05) is 17.1 Å². The molecule has 0 spiro atoms. The van der Waals surface area contributed by atoms with E-state index in [-0.39, 0.29) is 5.91 Å². The molecule has 0 bridgehead atoms. The summed E-state index contributed by atoms with van der Waals surface area (Å²) < 4.78 is 2.04. The summed E-state index contributed by atoms with van der Waals surface area (Å²) >= 11 is 4.71. The third-order valence-corrected chi connectivity index (χ3v) is 6.06. The molecule has 25 heavy (non-hydrogen) atoms. The number of thioether (sulfide) groups is 2. The van der Waals surface area contributed by atoms with Crippen LogP contribution in [0.5, 0.6) is 0 Å². The standard InChI is InChI=1S/C17H18N4OS3/c1-3-21-16(14-5-4-10-24-14)19-20-17(21)25-11-15(22)18-12-6-8-13(23-2)9-7-12/h4-10H,3,11H2,1-2H3,(H,18,22). The largest absolute Gasteiger partial charge is 0.325 e. The van der Waals surface area contributed by atoms with E-state index in [2.05, 4.69) is 22.4 Å². The molecule has 0 fully saturated rings. The van der Waals surface area contributed by atoms with Crippen LogP contribution in [0, 0.1) is 0 Å². The van der Waals surface area contributed by atoms with Gasteiger partial charge in [0.2, 0.25) is 5.91 Å². The van der Waals surface area contributed by atoms with Crippen molar-refractivity contribution in [1.29, 1.82) is 0 Å². The number of carbonyl (C=O) groups is 1. The number of benzene rings is 1. The lowest BCUT2D eigenvalue weighted by Crippen LogP contribution is -2.14. The summed E-state index contributed by atoms with van der Waals surface area (Å²) in [5.41, 5.74) is 0.805. The molecule has 3 aromatic rings. The molecule has 0 aliphatic heterocycles. The van der Waals surface area contributed by atoms with E-state index in [9.17, 15) is 4.79 Å². The summed E-state index contributed by atoms with van der Waals surface area (Å²) in [6.07, 6.45) is 2.03. The average molecular weight is 391 g/mol. The van der Waals surface area contributed by atoms with Crippen LogP contribution in [-0.2, 0) is 11.3 Å². The molecular formula is C17H18N4OS3. The molecule has 8 heteroatoms. The minimum Gasteiger partial charge on any atom is -0.325 e. The first-order valence-electron chi connectivity index (χ1n) is 7.75. The molecule has 3 rings (SSSR count). The molecule has 0 unspecified atom stereocenters. The molecule has 0 aliphatic rings. The van der Waals surface area contributed by atoms with Crippen molar-refractivity contribution in [3.05, 3.63) is 41.8 Å². The first-order valence-corrected chi connectivity index (χ1v) is 10.8. The minimum absolute atomic E-state index is 0.0507. The van der Waals surface area contributed by atoms with Crippen molar-refractivity contribution < 1.29 is 4.79 Å². The van der Waals surface area contributed by atoms with Gasteiger partial charge in [-0.3, -0.25) is 4.79 Å². The van der Waals surface area contributed by atoms with Crippen LogP contribution in [0.2, 0.25) is 0 Å². The summed E-state index contributed by atoms with van der Waals surface area (Å²) in [7, 11) is 0. The number of thiophene rings is 1. The Labute approximate surface area is 159 Å². The van der Waals surface area contributed by atoms with E-state index in [0.29, 0.717) is 5.75 Å². The van der Waals surface area contributed by atoms with Gasteiger partial charge in [0.05, 0.1) is 10.6 Å². The molecule has 5 nitrogen and oxygen atoms in total. The molecule has 1 aromatic carbocycles. The number of nitrogens with zero attached hydrogens (tertiary/aromatic N) is 3. The van der Waals surface area contributed by atoms with Crippen molar-refractivity contribution in [2.75, 3.05) is 17.3 Å². The van der Waals surface area contributed by atoms with Crippen LogP contribution in [0.4, 0.5) is 5.69 Å². The molecule has 2 heterocycles. The Balaban J connectivity index is 1.62. The molecular weight excluding hydrogens is 372 g/mol. The Morgan fingerprint density at radius 1 is 1.24 bits per heavy atom. The highest BCUT2D eigenvalue weighted by molar-refractivity contribution is 7.99. The van der Waals surface area contributed by atoms with Gasteiger partial charge in [0.15, 0.2) is 11.0 Å². The van der Waals surface area contributed by atoms with Gasteiger partial charge in [-0.25, -0.2) is 0 Å². The predicted octanol–water partition coefficient (Wildman–Crippen LogP) is 4.48. The lowest BCUT2D eigenvalue weighted by Gasteiger charge is -2.07. The smallest absolute Gasteiger partial charge is 0.234 e. The number of hydrogen-bond donors (Lipinski definition) is 1. The maximum atomic E-state index is 12.2. The Morgan fingerprint density at radius 2 is 2.04 bits per heavy atom. The number of nitrogens with one attached hydrogen (secondary N) is 1. The van der Waals surface area contributed by atoms with Crippen LogP contribution in [0.15, 0.2) is 51.8 Å². The zero-order valence-electron chi connectivity index (χ0n) is 13.9. The Bertz CT molecular complexity index is 828. The number of carbonyl (C=O) groups excluding carboxylic acids is 1. The molecule has 0 saturated carbocycles. The highest BCUT2D eigenvalue weighted by Crippen LogP contribution is 2.27. The van der Waals surface area contributed by atoms with Gasteiger partial charge in [-0.2, -0.15) is 0 Å². The van der Waals surface area contributed by atoms with Gasteiger partial charge >= 0.3 is 0 Å². The van der Waals surface area contributed by atoms with Crippen molar-refractivity contribution >= 4 is 46.5 Å². The van der Waals surface area contributed by atoms with Crippen LogP contribution in [0.25, 0.3) is 10.7 Å². The Kier molecular flexibility index (Phi) is 6.17. The summed E-state index contributed by atoms with van der Waals surface area (Å²) in [6.45, 7) is 2.82. The summed E-state index contributed by atoms with van der Waals surface area (Å²) in [6, 6.07) is 11.8. The zero-order valence-corrected chi connectivity index (χ0v) is 16.4. The van der Waals surface area contributed by atoms with Crippen molar-refractivity contribution in [2.45, 2.75) is 23.5 Å². The SMILES string of the molecule is CCn1c(SCC(=O)Nc2ccc(SC)cc2)nnc1-c1cccs1. The van der Waals surface area contributed by atoms with Gasteiger partial charge < -0.3 is 9.88 Å². The van der Waals surface area contributed by atoms with Crippen LogP contribution < -0.4 is 5.32 Å². The van der Waals surface area contributed by atoms with Crippen LogP contribution in [0.3, 0.4) is 0 Å². The molecule has 0 atom stereocenters. The maximum absolute atomic E-state index is 12.2. The van der Waals surface area contributed by atoms with Gasteiger partial charge in [0.25, 0.3) is 0 Å². The van der Waals surface area contributed by atoms with E-state index in [1.165, 1.54) is 16.7 Å². The highest BCUT2D eigenvalue weighted by Gasteiger charge is 2.15. The van der Waals surface area contributed by atoms with E-state index in [1.807, 2.05) is 52.6 Å². The number of aromatic nitrogens is 3. The van der Waals surface area contributed by atoms with Crippen LogP contribution in [0.1, 0.15) is 6.92 Å². The molecule has 130 valence electrons. The first kappa shape index (κ1) is 18.0. The predicted molar refractivity (Wildman–Crippen MR) is 107 cm³/mol. The van der Waals surface area contributed by atoms with Gasteiger partial charge in [0.1, 0.15) is 0 Å². The molecule has 1 N–H and O–H groups in total. The Hall–Kier alpha value is -1.77. The van der Waals surface area contributed by atoms with E-state index in [1.54, 1.807) is 23.1 Å². The fourth-order valence-electron chi connectivity index (χ4n) is 2.27. The van der Waals surface area contributed by atoms with E-state index >= 15 is 0 Å². The van der Waals surface area contributed by atoms with E-state index < -0.39 is 0 Å². The molecule has 0 radical (unpaired) electrons. The summed E-state index contributed by atoms with van der Waals surface area (Å²) in [5, 5.41) is 14.2. The molecule has 0 aliphatic carbocycles. The summed E-state index contributed by atoms with van der Waals surface area (Å²) in [5.74, 6) is 1.10. The quantitative estimate of drug-likeness (QED) is 0.603. The van der Waals surface area contributed by atoms with Crippen LogP contribution >= 0.6 is 34.9 Å². The fraction of sp³-hybridized carbons (Fsp3) is 0.235. The molecule has 1 amide bonds. The third-order valence-electron chi connectivity index (χ3n) is 3.48. The van der Waals surface area contributed by atoms with Crippen molar-refractivity contribution in [3.8, 4) is 10.7 Å². The van der Waals surface area contributed by atoms with Gasteiger partial charge in [-0.1, -0.05) is 17.8 Å². The average Bonchev–Trinajstić information content (AvgIpc) is 3.29. The lowest BCUT2D eigenvalue weighted by atomic mass is 10.3. The third kappa shape index (κ3) is 4.45. The maximum Gasteiger partial charge on any atom is 0.234 e. The molecule has 0 saturated heterocycles. The minimum atomic E-state index is -0.0507. The number of amides is 1. The van der Waals surface area contributed by atoms with Gasteiger partial charge in [-0.15, -0.1) is 33.3 Å². The monoisotopic (exact) mass is 390 g/mol. The topological polar surface area (TPSA) is 59.8 Å². The van der Waals surface area contributed by atoms with Crippen LogP contribution in [-0.4, -0.2) is 32.7 Å². The second kappa shape index (κ2) is 8.55. The number of hydrogen-bond acceptors (Lipinski definition) is 6. The normalized spacial score (nSPS) is 10.8. The van der Waals surface area contributed by atoms with E-state index in [0.717, 1.165) is 28.1 Å². The van der Waals surface area contributed by atoms with Gasteiger partial charge in [-0.05, 0) is 48.9 Å². The second-order valence-corrected chi connectivity index (χ2v) is 7.86. The van der Waals surface area contributed by atoms with Crippen molar-refractivity contribution in [2.24, 2.45) is 0 Å². The summed E-state index contributed by atoms with van der Waals surface area (Å²) in [4.78, 5) is 14.4. The first-order chi connectivity index (χ1) is 12.2. The second-order valence-electron chi connectivity index (χ2n) is 5.09. The Morgan fingerprint density at radius 3 is 2.68 bits per heavy atom. The fourth-order valence-corrected chi connectivity index (χ4v) is 4.20.